The first-order chi connectivity index (χ1) is 8.75. The highest BCUT2D eigenvalue weighted by Crippen LogP contribution is 2.35. The lowest BCUT2D eigenvalue weighted by Gasteiger charge is -2.13. The normalized spacial score (nSPS) is 11.9. The van der Waals surface area contributed by atoms with Crippen LogP contribution in [0.1, 0.15) is 11.1 Å². The van der Waals surface area contributed by atoms with Crippen LogP contribution < -0.4 is 0 Å². The molecule has 86 valence electrons. The van der Waals surface area contributed by atoms with Gasteiger partial charge in [-0.2, -0.15) is 0 Å². The van der Waals surface area contributed by atoms with E-state index in [0.717, 1.165) is 11.0 Å². The zero-order valence-corrected chi connectivity index (χ0v) is 10.4. The average molecular weight is 232 g/mol. The summed E-state index contributed by atoms with van der Waals surface area (Å²) in [5.41, 5.74) is 4.70. The van der Waals surface area contributed by atoms with Crippen LogP contribution in [0.3, 0.4) is 0 Å². The fraction of sp³-hybridized carbons (Fsp3) is 0.125. The molecule has 4 rings (SSSR count). The number of aromatic nitrogens is 2. The Kier molecular flexibility index (Phi) is 1.72. The standard InChI is InChI=1S/C16H12N2/c1-9-7-10(2)12-4-6-14-16-13(17-8-18-14)5-3-11(9)15(12)16/h3-8H,1-2H3. The van der Waals surface area contributed by atoms with Crippen molar-refractivity contribution >= 4 is 32.6 Å². The third-order valence-corrected chi connectivity index (χ3v) is 3.79. The quantitative estimate of drug-likeness (QED) is 0.428. The van der Waals surface area contributed by atoms with Gasteiger partial charge < -0.3 is 0 Å². The van der Waals surface area contributed by atoms with E-state index in [1.807, 2.05) is 0 Å². The molecule has 0 radical (unpaired) electrons. The third-order valence-electron chi connectivity index (χ3n) is 3.79. The lowest BCUT2D eigenvalue weighted by atomic mass is 9.93. The summed E-state index contributed by atoms with van der Waals surface area (Å²) in [5, 5.41) is 5.12. The number of nitrogens with zero attached hydrogens (tertiary/aromatic N) is 2. The first kappa shape index (κ1) is 9.77. The van der Waals surface area contributed by atoms with Gasteiger partial charge in [0.1, 0.15) is 6.33 Å². The van der Waals surface area contributed by atoms with Crippen LogP contribution in [-0.2, 0) is 0 Å². The first-order valence-corrected chi connectivity index (χ1v) is 6.11. The Morgan fingerprint density at radius 1 is 0.722 bits per heavy atom. The van der Waals surface area contributed by atoms with Crippen molar-refractivity contribution in [3.05, 3.63) is 47.8 Å². The first-order valence-electron chi connectivity index (χ1n) is 6.11. The molecule has 0 spiro atoms. The number of hydrogen-bond acceptors (Lipinski definition) is 2. The summed E-state index contributed by atoms with van der Waals surface area (Å²) in [6, 6.07) is 10.8. The summed E-state index contributed by atoms with van der Waals surface area (Å²) in [4.78, 5) is 8.76. The van der Waals surface area contributed by atoms with E-state index in [0.29, 0.717) is 0 Å². The van der Waals surface area contributed by atoms with E-state index in [4.69, 9.17) is 0 Å². The Labute approximate surface area is 105 Å². The fourth-order valence-corrected chi connectivity index (χ4v) is 2.97. The maximum atomic E-state index is 4.38. The van der Waals surface area contributed by atoms with Crippen molar-refractivity contribution in [1.29, 1.82) is 0 Å². The molecule has 1 aromatic heterocycles. The SMILES string of the molecule is Cc1cc(C)c2ccc3ncnc4ccc1c2c43. The molecular weight excluding hydrogens is 220 g/mol. The molecule has 0 aliphatic heterocycles. The highest BCUT2D eigenvalue weighted by atomic mass is 14.8. The van der Waals surface area contributed by atoms with Crippen LogP contribution in [-0.4, -0.2) is 9.97 Å². The van der Waals surface area contributed by atoms with E-state index >= 15 is 0 Å². The molecule has 0 bridgehead atoms. The molecule has 1 heterocycles. The van der Waals surface area contributed by atoms with Crippen LogP contribution in [0.5, 0.6) is 0 Å². The Balaban J connectivity index is 2.48. The molecule has 0 fully saturated rings. The molecule has 18 heavy (non-hydrogen) atoms. The van der Waals surface area contributed by atoms with Gasteiger partial charge in [0.25, 0.3) is 0 Å². The number of benzene rings is 3. The fourth-order valence-electron chi connectivity index (χ4n) is 2.97. The lowest BCUT2D eigenvalue weighted by Crippen LogP contribution is -1.91. The van der Waals surface area contributed by atoms with E-state index < -0.39 is 0 Å². The minimum Gasteiger partial charge on any atom is -0.236 e. The van der Waals surface area contributed by atoms with Gasteiger partial charge in [0, 0.05) is 10.8 Å². The molecule has 0 N–H and O–H groups in total. The van der Waals surface area contributed by atoms with Gasteiger partial charge >= 0.3 is 0 Å². The predicted molar refractivity (Wildman–Crippen MR) is 75.2 cm³/mol. The topological polar surface area (TPSA) is 25.8 Å². The number of hydrogen-bond donors (Lipinski definition) is 0. The Morgan fingerprint density at radius 2 is 1.28 bits per heavy atom. The molecule has 0 saturated heterocycles. The molecule has 2 heteroatoms. The Morgan fingerprint density at radius 3 is 1.83 bits per heavy atom. The molecule has 2 nitrogen and oxygen atoms in total. The van der Waals surface area contributed by atoms with E-state index in [-0.39, 0.29) is 0 Å². The zero-order chi connectivity index (χ0) is 12.3. The van der Waals surface area contributed by atoms with Crippen molar-refractivity contribution in [2.24, 2.45) is 0 Å². The van der Waals surface area contributed by atoms with Crippen LogP contribution in [0.25, 0.3) is 32.6 Å². The second-order valence-corrected chi connectivity index (χ2v) is 4.90. The molecule has 0 unspecified atom stereocenters. The lowest BCUT2D eigenvalue weighted by molar-refractivity contribution is 1.26. The second-order valence-electron chi connectivity index (χ2n) is 4.90. The molecular formula is C16H12N2. The van der Waals surface area contributed by atoms with E-state index in [2.05, 4.69) is 54.1 Å². The molecule has 0 saturated carbocycles. The van der Waals surface area contributed by atoms with Crippen LogP contribution in [0.4, 0.5) is 0 Å². The van der Waals surface area contributed by atoms with Crippen molar-refractivity contribution in [2.75, 3.05) is 0 Å². The Hall–Kier alpha value is -2.22. The molecule has 0 amide bonds. The monoisotopic (exact) mass is 232 g/mol. The highest BCUT2D eigenvalue weighted by molar-refractivity contribution is 6.22. The molecule has 4 aromatic rings. The van der Waals surface area contributed by atoms with E-state index in [9.17, 15) is 0 Å². The van der Waals surface area contributed by atoms with Gasteiger partial charge in [-0.25, -0.2) is 9.97 Å². The van der Waals surface area contributed by atoms with Gasteiger partial charge in [0.05, 0.1) is 11.0 Å². The summed E-state index contributed by atoms with van der Waals surface area (Å²) < 4.78 is 0. The van der Waals surface area contributed by atoms with Gasteiger partial charge in [-0.1, -0.05) is 18.2 Å². The van der Waals surface area contributed by atoms with Gasteiger partial charge in [0.15, 0.2) is 0 Å². The Bertz CT molecular complexity index is 827. The maximum Gasteiger partial charge on any atom is 0.116 e. The minimum atomic E-state index is 1.03. The van der Waals surface area contributed by atoms with E-state index in [1.165, 1.54) is 32.7 Å². The van der Waals surface area contributed by atoms with Gasteiger partial charge in [-0.15, -0.1) is 0 Å². The average Bonchev–Trinajstić information content (AvgIpc) is 2.38. The number of aryl methyl sites for hydroxylation is 2. The predicted octanol–water partition coefficient (Wildman–Crippen LogP) is 3.99. The smallest absolute Gasteiger partial charge is 0.116 e. The van der Waals surface area contributed by atoms with Crippen LogP contribution >= 0.6 is 0 Å². The molecule has 0 aliphatic rings. The van der Waals surface area contributed by atoms with Crippen LogP contribution in [0.15, 0.2) is 36.7 Å². The van der Waals surface area contributed by atoms with Gasteiger partial charge in [0.2, 0.25) is 0 Å². The largest absolute Gasteiger partial charge is 0.236 e. The minimum absolute atomic E-state index is 1.03. The molecule has 3 aromatic carbocycles. The summed E-state index contributed by atoms with van der Waals surface area (Å²) in [5.74, 6) is 0. The van der Waals surface area contributed by atoms with Crippen molar-refractivity contribution in [3.63, 3.8) is 0 Å². The zero-order valence-electron chi connectivity index (χ0n) is 10.4. The van der Waals surface area contributed by atoms with Crippen molar-refractivity contribution in [3.8, 4) is 0 Å². The summed E-state index contributed by atoms with van der Waals surface area (Å²) >= 11 is 0. The number of rotatable bonds is 0. The third kappa shape index (κ3) is 1.07. The van der Waals surface area contributed by atoms with Gasteiger partial charge in [-0.3, -0.25) is 0 Å². The summed E-state index contributed by atoms with van der Waals surface area (Å²) in [6.45, 7) is 4.33. The van der Waals surface area contributed by atoms with Crippen molar-refractivity contribution in [2.45, 2.75) is 13.8 Å². The second kappa shape index (κ2) is 3.16. The molecule has 0 aliphatic carbocycles. The summed E-state index contributed by atoms with van der Waals surface area (Å²) in [6.07, 6.45) is 1.64. The summed E-state index contributed by atoms with van der Waals surface area (Å²) in [7, 11) is 0. The van der Waals surface area contributed by atoms with Crippen LogP contribution in [0.2, 0.25) is 0 Å². The van der Waals surface area contributed by atoms with Crippen LogP contribution in [0, 0.1) is 13.8 Å². The van der Waals surface area contributed by atoms with Crippen molar-refractivity contribution in [1.82, 2.24) is 9.97 Å². The van der Waals surface area contributed by atoms with Crippen molar-refractivity contribution < 1.29 is 0 Å². The van der Waals surface area contributed by atoms with Gasteiger partial charge in [-0.05, 0) is 47.9 Å². The van der Waals surface area contributed by atoms with E-state index in [1.54, 1.807) is 6.33 Å². The molecule has 0 atom stereocenters. The maximum absolute atomic E-state index is 4.38. The highest BCUT2D eigenvalue weighted by Gasteiger charge is 2.11.